The summed E-state index contributed by atoms with van der Waals surface area (Å²) in [6, 6.07) is 21.1. The number of fused-ring (bicyclic) bond motifs is 2. The SMILES string of the molecule is Cc1ccc2nc(-c3ccccc3)c(NC(=O)CCN3C(=O)C(C)Oc4ccccc43)n2c1. The highest BCUT2D eigenvalue weighted by Crippen LogP contribution is 2.34. The van der Waals surface area contributed by atoms with E-state index in [1.165, 1.54) is 0 Å². The number of para-hydroxylation sites is 2. The number of carbonyl (C=O) groups excluding carboxylic acids is 2. The maximum Gasteiger partial charge on any atom is 0.267 e. The minimum absolute atomic E-state index is 0.139. The molecule has 0 fully saturated rings. The summed E-state index contributed by atoms with van der Waals surface area (Å²) >= 11 is 0. The Morgan fingerprint density at radius 1 is 1.06 bits per heavy atom. The van der Waals surface area contributed by atoms with Crippen LogP contribution >= 0.6 is 0 Å². The fraction of sp³-hybridized carbons (Fsp3) is 0.192. The van der Waals surface area contributed by atoms with E-state index in [2.05, 4.69) is 5.32 Å². The van der Waals surface area contributed by atoms with Crippen LogP contribution in [-0.2, 0) is 9.59 Å². The molecular formula is C26H24N4O3. The van der Waals surface area contributed by atoms with Crippen LogP contribution in [0, 0.1) is 6.92 Å². The number of hydrogen-bond acceptors (Lipinski definition) is 4. The van der Waals surface area contributed by atoms with Crippen LogP contribution in [0.15, 0.2) is 72.9 Å². The molecule has 166 valence electrons. The van der Waals surface area contributed by atoms with Crippen molar-refractivity contribution in [1.82, 2.24) is 9.38 Å². The standard InChI is InChI=1S/C26H24N4O3/c1-17-12-13-22-27-24(19-8-4-3-5-9-19)25(30(22)16-17)28-23(31)14-15-29-20-10-6-7-11-21(20)33-18(2)26(29)32/h3-13,16,18H,14-15H2,1-2H3,(H,28,31). The van der Waals surface area contributed by atoms with Gasteiger partial charge < -0.3 is 15.0 Å². The maximum absolute atomic E-state index is 13.0. The number of amides is 2. The lowest BCUT2D eigenvalue weighted by Gasteiger charge is -2.32. The molecule has 4 aromatic rings. The molecule has 33 heavy (non-hydrogen) atoms. The van der Waals surface area contributed by atoms with Crippen molar-refractivity contribution in [3.05, 3.63) is 78.5 Å². The number of aromatic nitrogens is 2. The van der Waals surface area contributed by atoms with Gasteiger partial charge in [0.2, 0.25) is 5.91 Å². The highest BCUT2D eigenvalue weighted by Gasteiger charge is 2.31. The minimum Gasteiger partial charge on any atom is -0.479 e. The van der Waals surface area contributed by atoms with Gasteiger partial charge in [-0.05, 0) is 37.6 Å². The fourth-order valence-corrected chi connectivity index (χ4v) is 4.07. The second-order valence-electron chi connectivity index (χ2n) is 8.13. The topological polar surface area (TPSA) is 75.9 Å². The van der Waals surface area contributed by atoms with E-state index in [1.54, 1.807) is 11.8 Å². The van der Waals surface area contributed by atoms with Gasteiger partial charge in [-0.3, -0.25) is 14.0 Å². The molecular weight excluding hydrogens is 416 g/mol. The Morgan fingerprint density at radius 2 is 1.82 bits per heavy atom. The highest BCUT2D eigenvalue weighted by molar-refractivity contribution is 6.01. The van der Waals surface area contributed by atoms with Crippen LogP contribution in [0.3, 0.4) is 0 Å². The first kappa shape index (κ1) is 20.8. The Labute approximate surface area is 191 Å². The van der Waals surface area contributed by atoms with Crippen molar-refractivity contribution in [2.75, 3.05) is 16.8 Å². The molecule has 0 saturated heterocycles. The lowest BCUT2D eigenvalue weighted by Crippen LogP contribution is -2.45. The third-order valence-electron chi connectivity index (χ3n) is 5.71. The number of pyridine rings is 1. The average molecular weight is 441 g/mol. The van der Waals surface area contributed by atoms with Gasteiger partial charge in [0.15, 0.2) is 6.10 Å². The van der Waals surface area contributed by atoms with Crippen LogP contribution in [0.2, 0.25) is 0 Å². The van der Waals surface area contributed by atoms with E-state index in [-0.39, 0.29) is 24.8 Å². The molecule has 1 unspecified atom stereocenters. The first-order valence-electron chi connectivity index (χ1n) is 10.9. The van der Waals surface area contributed by atoms with Crippen LogP contribution in [-0.4, -0.2) is 33.8 Å². The summed E-state index contributed by atoms with van der Waals surface area (Å²) in [5.74, 6) is 0.914. The Bertz CT molecular complexity index is 1350. The molecule has 1 N–H and O–H groups in total. The number of rotatable bonds is 5. The summed E-state index contributed by atoms with van der Waals surface area (Å²) in [5, 5.41) is 3.04. The van der Waals surface area contributed by atoms with Gasteiger partial charge in [0, 0.05) is 24.7 Å². The predicted molar refractivity (Wildman–Crippen MR) is 127 cm³/mol. The predicted octanol–water partition coefficient (Wildman–Crippen LogP) is 4.45. The molecule has 2 amide bonds. The first-order valence-corrected chi connectivity index (χ1v) is 10.9. The summed E-state index contributed by atoms with van der Waals surface area (Å²) in [6.07, 6.45) is 1.50. The van der Waals surface area contributed by atoms with Gasteiger partial charge in [-0.15, -0.1) is 0 Å². The second kappa shape index (κ2) is 8.43. The molecule has 1 aliphatic rings. The molecule has 7 nitrogen and oxygen atoms in total. The van der Waals surface area contributed by atoms with Crippen LogP contribution in [0.5, 0.6) is 5.75 Å². The number of hydrogen-bond donors (Lipinski definition) is 1. The lowest BCUT2D eigenvalue weighted by atomic mass is 10.1. The largest absolute Gasteiger partial charge is 0.479 e. The van der Waals surface area contributed by atoms with Crippen molar-refractivity contribution in [3.63, 3.8) is 0 Å². The van der Waals surface area contributed by atoms with E-state index in [0.29, 0.717) is 22.9 Å². The summed E-state index contributed by atoms with van der Waals surface area (Å²) < 4.78 is 7.58. The smallest absolute Gasteiger partial charge is 0.267 e. The zero-order valence-corrected chi connectivity index (χ0v) is 18.5. The Hall–Kier alpha value is -4.13. The van der Waals surface area contributed by atoms with E-state index in [4.69, 9.17) is 9.72 Å². The Kier molecular flexibility index (Phi) is 5.30. The van der Waals surface area contributed by atoms with Crippen LogP contribution in [0.4, 0.5) is 11.5 Å². The van der Waals surface area contributed by atoms with Crippen LogP contribution < -0.4 is 15.0 Å². The molecule has 0 radical (unpaired) electrons. The van der Waals surface area contributed by atoms with Gasteiger partial charge in [0.25, 0.3) is 5.91 Å². The third-order valence-corrected chi connectivity index (χ3v) is 5.71. The van der Waals surface area contributed by atoms with Crippen molar-refractivity contribution < 1.29 is 14.3 Å². The van der Waals surface area contributed by atoms with Crippen molar-refractivity contribution >= 4 is 29.0 Å². The van der Waals surface area contributed by atoms with Gasteiger partial charge in [-0.25, -0.2) is 4.98 Å². The van der Waals surface area contributed by atoms with E-state index in [1.807, 2.05) is 84.3 Å². The number of carbonyl (C=O) groups is 2. The van der Waals surface area contributed by atoms with Crippen molar-refractivity contribution in [1.29, 1.82) is 0 Å². The third kappa shape index (κ3) is 3.93. The minimum atomic E-state index is -0.589. The summed E-state index contributed by atoms with van der Waals surface area (Å²) in [5.41, 5.74) is 4.11. The Balaban J connectivity index is 1.41. The quantitative estimate of drug-likeness (QED) is 0.497. The zero-order chi connectivity index (χ0) is 22.9. The lowest BCUT2D eigenvalue weighted by molar-refractivity contribution is -0.125. The molecule has 0 saturated carbocycles. The monoisotopic (exact) mass is 440 g/mol. The molecule has 1 aliphatic heterocycles. The van der Waals surface area contributed by atoms with E-state index in [9.17, 15) is 9.59 Å². The second-order valence-corrected chi connectivity index (χ2v) is 8.13. The van der Waals surface area contributed by atoms with Gasteiger partial charge in [0.05, 0.1) is 5.69 Å². The molecule has 1 atom stereocenters. The maximum atomic E-state index is 13.0. The molecule has 3 heterocycles. The number of aryl methyl sites for hydroxylation is 1. The van der Waals surface area contributed by atoms with E-state index >= 15 is 0 Å². The molecule has 2 aromatic heterocycles. The molecule has 2 aromatic carbocycles. The first-order chi connectivity index (χ1) is 16.0. The molecule has 0 spiro atoms. The van der Waals surface area contributed by atoms with E-state index < -0.39 is 6.10 Å². The fourth-order valence-electron chi connectivity index (χ4n) is 4.07. The molecule has 0 bridgehead atoms. The number of nitrogens with one attached hydrogen (secondary N) is 1. The normalized spacial score (nSPS) is 15.3. The molecule has 0 aliphatic carbocycles. The summed E-state index contributed by atoms with van der Waals surface area (Å²) in [4.78, 5) is 32.1. The zero-order valence-electron chi connectivity index (χ0n) is 18.5. The van der Waals surface area contributed by atoms with Crippen LogP contribution in [0.25, 0.3) is 16.9 Å². The van der Waals surface area contributed by atoms with Gasteiger partial charge in [-0.1, -0.05) is 48.5 Å². The number of anilines is 2. The number of benzene rings is 2. The molecule has 5 rings (SSSR count). The number of imidazole rings is 1. The highest BCUT2D eigenvalue weighted by atomic mass is 16.5. The summed E-state index contributed by atoms with van der Waals surface area (Å²) in [7, 11) is 0. The van der Waals surface area contributed by atoms with Crippen molar-refractivity contribution in [2.45, 2.75) is 26.4 Å². The van der Waals surface area contributed by atoms with Gasteiger partial charge >= 0.3 is 0 Å². The summed E-state index contributed by atoms with van der Waals surface area (Å²) in [6.45, 7) is 3.97. The van der Waals surface area contributed by atoms with Crippen molar-refractivity contribution in [2.24, 2.45) is 0 Å². The molecule has 7 heteroatoms. The van der Waals surface area contributed by atoms with Crippen molar-refractivity contribution in [3.8, 4) is 17.0 Å². The number of nitrogens with zero attached hydrogens (tertiary/aromatic N) is 3. The average Bonchev–Trinajstić information content (AvgIpc) is 3.17. The van der Waals surface area contributed by atoms with E-state index in [0.717, 1.165) is 16.8 Å². The Morgan fingerprint density at radius 3 is 2.64 bits per heavy atom. The van der Waals surface area contributed by atoms with Gasteiger partial charge in [0.1, 0.15) is 22.9 Å². The number of ether oxygens (including phenoxy) is 1. The van der Waals surface area contributed by atoms with Crippen LogP contribution in [0.1, 0.15) is 18.9 Å². The van der Waals surface area contributed by atoms with Gasteiger partial charge in [-0.2, -0.15) is 0 Å².